The lowest BCUT2D eigenvalue weighted by molar-refractivity contribution is -0.118. The smallest absolute Gasteiger partial charge is 0.160 e. The van der Waals surface area contributed by atoms with Gasteiger partial charge < -0.3 is 14.3 Å². The number of ketones is 1. The zero-order valence-electron chi connectivity index (χ0n) is 14.4. The molecule has 0 unspecified atom stereocenters. The molecule has 0 amide bonds. The van der Waals surface area contributed by atoms with E-state index in [0.717, 1.165) is 18.3 Å². The number of allylic oxidation sites excluding steroid dienone is 2. The summed E-state index contributed by atoms with van der Waals surface area (Å²) in [6.07, 6.45) is 6.30. The summed E-state index contributed by atoms with van der Waals surface area (Å²) >= 11 is 0. The molecule has 0 heterocycles. The lowest BCUT2D eigenvalue weighted by Gasteiger charge is -2.45. The van der Waals surface area contributed by atoms with Crippen molar-refractivity contribution >= 4 is 12.1 Å². The number of methoxy groups -OCH3 is 2. The first kappa shape index (κ1) is 16.7. The highest BCUT2D eigenvalue weighted by atomic mass is 16.5. The maximum Gasteiger partial charge on any atom is 0.160 e. The molecule has 128 valence electrons. The highest BCUT2D eigenvalue weighted by molar-refractivity contribution is 5.90. The third-order valence-corrected chi connectivity index (χ3v) is 5.62. The predicted octanol–water partition coefficient (Wildman–Crippen LogP) is 3.40. The van der Waals surface area contributed by atoms with E-state index in [1.165, 1.54) is 0 Å². The summed E-state index contributed by atoms with van der Waals surface area (Å²) in [5, 5.41) is 0. The summed E-state index contributed by atoms with van der Waals surface area (Å²) in [4.78, 5) is 23.6. The van der Waals surface area contributed by atoms with E-state index in [-0.39, 0.29) is 29.5 Å². The van der Waals surface area contributed by atoms with Crippen molar-refractivity contribution in [2.24, 2.45) is 23.7 Å². The molecule has 1 aromatic rings. The third-order valence-electron chi connectivity index (χ3n) is 5.62. The number of fused-ring (bicyclic) bond motifs is 1. The molecule has 0 saturated heterocycles. The number of aldehydes is 1. The number of carbonyl (C=O) groups is 2. The number of rotatable bonds is 4. The van der Waals surface area contributed by atoms with E-state index in [1.807, 2.05) is 24.3 Å². The van der Waals surface area contributed by atoms with Crippen LogP contribution in [0.5, 0.6) is 11.5 Å². The van der Waals surface area contributed by atoms with Gasteiger partial charge in [-0.1, -0.05) is 19.1 Å². The molecule has 2 aliphatic carbocycles. The van der Waals surface area contributed by atoms with Crippen LogP contribution in [-0.2, 0) is 9.59 Å². The van der Waals surface area contributed by atoms with E-state index in [9.17, 15) is 9.59 Å². The van der Waals surface area contributed by atoms with Crippen molar-refractivity contribution in [2.45, 2.75) is 25.7 Å². The molecule has 0 radical (unpaired) electrons. The summed E-state index contributed by atoms with van der Waals surface area (Å²) < 4.78 is 10.8. The molecule has 24 heavy (non-hydrogen) atoms. The van der Waals surface area contributed by atoms with Crippen LogP contribution in [0.3, 0.4) is 0 Å². The van der Waals surface area contributed by atoms with Gasteiger partial charge in [-0.25, -0.2) is 0 Å². The molecule has 4 nitrogen and oxygen atoms in total. The monoisotopic (exact) mass is 328 g/mol. The van der Waals surface area contributed by atoms with E-state index in [1.54, 1.807) is 20.3 Å². The molecule has 0 spiro atoms. The van der Waals surface area contributed by atoms with E-state index in [4.69, 9.17) is 9.47 Å². The highest BCUT2D eigenvalue weighted by Gasteiger charge is 2.44. The molecule has 0 N–H and O–H groups in total. The lowest BCUT2D eigenvalue weighted by Crippen LogP contribution is -2.40. The molecule has 0 bridgehead atoms. The topological polar surface area (TPSA) is 52.6 Å². The van der Waals surface area contributed by atoms with Crippen LogP contribution >= 0.6 is 0 Å². The van der Waals surface area contributed by atoms with Crippen LogP contribution in [0.4, 0.5) is 0 Å². The summed E-state index contributed by atoms with van der Waals surface area (Å²) in [7, 11) is 3.23. The first-order valence-electron chi connectivity index (χ1n) is 8.47. The van der Waals surface area contributed by atoms with Gasteiger partial charge in [0.2, 0.25) is 0 Å². The molecule has 1 fully saturated rings. The Morgan fingerprint density at radius 3 is 2.58 bits per heavy atom. The zero-order valence-corrected chi connectivity index (χ0v) is 14.4. The standard InChI is InChI=1S/C20H24O4/c1-12-8-14-9-15(22)5-6-16(14)20(17(12)11-21)13-4-7-18(23-2)19(10-13)24-3/h4-7,10-12,14,16-17,20H,8-9H2,1-3H3/t12-,14-,16-,17+,20+/m0/s1. The van der Waals surface area contributed by atoms with Crippen molar-refractivity contribution < 1.29 is 19.1 Å². The van der Waals surface area contributed by atoms with Crippen molar-refractivity contribution in [1.82, 2.24) is 0 Å². The molecule has 2 aliphatic rings. The molecule has 1 saturated carbocycles. The van der Waals surface area contributed by atoms with Gasteiger partial charge in [0.25, 0.3) is 0 Å². The Labute approximate surface area is 142 Å². The Morgan fingerprint density at radius 1 is 1.17 bits per heavy atom. The van der Waals surface area contributed by atoms with Gasteiger partial charge in [-0.3, -0.25) is 4.79 Å². The van der Waals surface area contributed by atoms with Crippen LogP contribution in [0.25, 0.3) is 0 Å². The maximum atomic E-state index is 11.8. The average Bonchev–Trinajstić information content (AvgIpc) is 2.59. The minimum absolute atomic E-state index is 0.0535. The fraction of sp³-hybridized carbons (Fsp3) is 0.500. The molecule has 0 aromatic heterocycles. The van der Waals surface area contributed by atoms with Gasteiger partial charge in [0.1, 0.15) is 6.29 Å². The lowest BCUT2D eigenvalue weighted by atomic mass is 9.58. The van der Waals surface area contributed by atoms with Gasteiger partial charge in [-0.05, 0) is 47.9 Å². The van der Waals surface area contributed by atoms with E-state index >= 15 is 0 Å². The van der Waals surface area contributed by atoms with Crippen molar-refractivity contribution in [3.63, 3.8) is 0 Å². The molecule has 3 rings (SSSR count). The van der Waals surface area contributed by atoms with Gasteiger partial charge in [-0.2, -0.15) is 0 Å². The molecular formula is C20H24O4. The van der Waals surface area contributed by atoms with Crippen LogP contribution < -0.4 is 9.47 Å². The highest BCUT2D eigenvalue weighted by Crippen LogP contribution is 2.50. The number of ether oxygens (including phenoxy) is 2. The second kappa shape index (κ2) is 6.80. The molecule has 5 atom stereocenters. The second-order valence-electron chi connectivity index (χ2n) is 6.93. The van der Waals surface area contributed by atoms with E-state index < -0.39 is 0 Å². The number of carbonyl (C=O) groups excluding carboxylic acids is 2. The Bertz CT molecular complexity index is 664. The summed E-state index contributed by atoms with van der Waals surface area (Å²) in [6.45, 7) is 2.12. The fourth-order valence-electron chi connectivity index (χ4n) is 4.46. The van der Waals surface area contributed by atoms with Gasteiger partial charge in [0, 0.05) is 18.3 Å². The first-order valence-corrected chi connectivity index (χ1v) is 8.47. The number of hydrogen-bond acceptors (Lipinski definition) is 4. The summed E-state index contributed by atoms with van der Waals surface area (Å²) in [5.74, 6) is 2.35. The van der Waals surface area contributed by atoms with Crippen LogP contribution in [0.1, 0.15) is 31.2 Å². The number of benzene rings is 1. The zero-order chi connectivity index (χ0) is 17.3. The van der Waals surface area contributed by atoms with Crippen molar-refractivity contribution in [3.05, 3.63) is 35.9 Å². The van der Waals surface area contributed by atoms with Crippen LogP contribution in [0, 0.1) is 23.7 Å². The predicted molar refractivity (Wildman–Crippen MR) is 91.4 cm³/mol. The molecule has 0 aliphatic heterocycles. The molecular weight excluding hydrogens is 304 g/mol. The average molecular weight is 328 g/mol. The Kier molecular flexibility index (Phi) is 4.74. The summed E-state index contributed by atoms with van der Waals surface area (Å²) in [6, 6.07) is 5.88. The van der Waals surface area contributed by atoms with E-state index in [2.05, 4.69) is 6.92 Å². The Hall–Kier alpha value is -2.10. The van der Waals surface area contributed by atoms with Gasteiger partial charge in [0.15, 0.2) is 17.3 Å². The fourth-order valence-corrected chi connectivity index (χ4v) is 4.46. The second-order valence-corrected chi connectivity index (χ2v) is 6.93. The van der Waals surface area contributed by atoms with Gasteiger partial charge in [0.05, 0.1) is 14.2 Å². The Morgan fingerprint density at radius 2 is 1.92 bits per heavy atom. The van der Waals surface area contributed by atoms with Crippen LogP contribution in [-0.4, -0.2) is 26.3 Å². The van der Waals surface area contributed by atoms with Crippen molar-refractivity contribution in [2.75, 3.05) is 14.2 Å². The molecule has 1 aromatic carbocycles. The largest absolute Gasteiger partial charge is 0.493 e. The van der Waals surface area contributed by atoms with Crippen molar-refractivity contribution in [1.29, 1.82) is 0 Å². The Balaban J connectivity index is 2.05. The van der Waals surface area contributed by atoms with Gasteiger partial charge in [-0.15, -0.1) is 0 Å². The number of hydrogen-bond donors (Lipinski definition) is 0. The third kappa shape index (κ3) is 2.85. The van der Waals surface area contributed by atoms with Crippen LogP contribution in [0.15, 0.2) is 30.4 Å². The quantitative estimate of drug-likeness (QED) is 0.795. The van der Waals surface area contributed by atoms with Gasteiger partial charge >= 0.3 is 0 Å². The minimum Gasteiger partial charge on any atom is -0.493 e. The summed E-state index contributed by atoms with van der Waals surface area (Å²) in [5.41, 5.74) is 1.07. The minimum atomic E-state index is -0.0535. The SMILES string of the molecule is COc1ccc([C@@H]2[C@H]3C=CC(=O)C[C@@H]3C[C@H](C)[C@H]2C=O)cc1OC. The van der Waals surface area contributed by atoms with Crippen LogP contribution in [0.2, 0.25) is 0 Å². The molecule has 4 heteroatoms. The van der Waals surface area contributed by atoms with Crippen molar-refractivity contribution in [3.8, 4) is 11.5 Å². The van der Waals surface area contributed by atoms with E-state index in [0.29, 0.717) is 23.8 Å². The maximum absolute atomic E-state index is 11.8. The first-order chi connectivity index (χ1) is 11.6. The normalized spacial score (nSPS) is 32.1.